The first kappa shape index (κ1) is 20.6. The lowest BCUT2D eigenvalue weighted by atomic mass is 10.0. The predicted octanol–water partition coefficient (Wildman–Crippen LogP) is 6.87. The van der Waals surface area contributed by atoms with Gasteiger partial charge in [0.2, 0.25) is 0 Å². The molecule has 0 spiro atoms. The number of carbonyl (C=O) groups excluding carboxylic acids is 1. The molecule has 0 radical (unpaired) electrons. The van der Waals surface area contributed by atoms with Gasteiger partial charge in [-0.15, -0.1) is 0 Å². The third kappa shape index (κ3) is 4.89. The molecule has 30 heavy (non-hydrogen) atoms. The first-order valence-electron chi connectivity index (χ1n) is 9.85. The van der Waals surface area contributed by atoms with Crippen molar-refractivity contribution in [2.24, 2.45) is 0 Å². The van der Waals surface area contributed by atoms with Crippen molar-refractivity contribution in [3.8, 4) is 5.75 Å². The molecule has 0 aliphatic carbocycles. The minimum absolute atomic E-state index is 0.499. The zero-order valence-corrected chi connectivity index (χ0v) is 18.1. The molecule has 3 aromatic carbocycles. The smallest absolute Gasteiger partial charge is 0.410 e. The van der Waals surface area contributed by atoms with Gasteiger partial charge in [-0.3, -0.25) is 5.32 Å². The number of aryl methyl sites for hydroxylation is 2. The Balaban J connectivity index is 1.46. The van der Waals surface area contributed by atoms with Crippen LogP contribution in [-0.2, 0) is 13.0 Å². The summed E-state index contributed by atoms with van der Waals surface area (Å²) in [5.74, 6) is 0.533. The molecule has 0 fully saturated rings. The molecule has 0 saturated carbocycles. The summed E-state index contributed by atoms with van der Waals surface area (Å²) in [5.41, 5.74) is 5.11. The van der Waals surface area contributed by atoms with E-state index in [1.807, 2.05) is 61.5 Å². The first-order valence-corrected chi connectivity index (χ1v) is 10.6. The minimum atomic E-state index is -0.499. The number of rotatable bonds is 4. The van der Waals surface area contributed by atoms with Gasteiger partial charge in [0.05, 0.1) is 0 Å². The van der Waals surface area contributed by atoms with Crippen molar-refractivity contribution in [2.45, 2.75) is 26.3 Å². The van der Waals surface area contributed by atoms with Crippen molar-refractivity contribution in [1.29, 1.82) is 0 Å². The molecule has 1 N–H and O–H groups in total. The minimum Gasteiger partial charge on any atom is -0.410 e. The van der Waals surface area contributed by atoms with Gasteiger partial charge in [-0.2, -0.15) is 0 Å². The summed E-state index contributed by atoms with van der Waals surface area (Å²) in [6.07, 6.45) is 1.47. The number of ether oxygens (including phenoxy) is 1. The highest BCUT2D eigenvalue weighted by Gasteiger charge is 2.19. The van der Waals surface area contributed by atoms with Gasteiger partial charge in [-0.1, -0.05) is 41.4 Å². The van der Waals surface area contributed by atoms with E-state index >= 15 is 0 Å². The van der Waals surface area contributed by atoms with Gasteiger partial charge in [-0.25, -0.2) is 4.79 Å². The normalized spacial score (nSPS) is 13.0. The predicted molar refractivity (Wildman–Crippen MR) is 123 cm³/mol. The van der Waals surface area contributed by atoms with E-state index in [1.165, 1.54) is 0 Å². The largest absolute Gasteiger partial charge is 0.417 e. The average Bonchev–Trinajstić information content (AvgIpc) is 2.70. The average molecular weight is 441 g/mol. The molecule has 1 aliphatic heterocycles. The molecule has 0 saturated heterocycles. The Morgan fingerprint density at radius 2 is 1.97 bits per heavy atom. The Morgan fingerprint density at radius 1 is 1.10 bits per heavy atom. The molecule has 1 heterocycles. The maximum absolute atomic E-state index is 12.3. The first-order chi connectivity index (χ1) is 14.5. The highest BCUT2D eigenvalue weighted by atomic mass is 35.5. The van der Waals surface area contributed by atoms with E-state index in [1.54, 1.807) is 6.07 Å². The summed E-state index contributed by atoms with van der Waals surface area (Å²) in [7, 11) is 0. The number of amides is 1. The van der Waals surface area contributed by atoms with Crippen LogP contribution < -0.4 is 15.0 Å². The topological polar surface area (TPSA) is 41.6 Å². The van der Waals surface area contributed by atoms with Crippen molar-refractivity contribution in [1.82, 2.24) is 0 Å². The molecule has 3 aromatic rings. The third-order valence-corrected chi connectivity index (χ3v) is 5.70. The number of nitrogens with one attached hydrogen (secondary N) is 1. The second-order valence-corrected chi connectivity index (χ2v) is 8.28. The summed E-state index contributed by atoms with van der Waals surface area (Å²) < 4.78 is 5.51. The van der Waals surface area contributed by atoms with E-state index < -0.39 is 6.09 Å². The molecule has 0 bridgehead atoms. The van der Waals surface area contributed by atoms with Gasteiger partial charge in [-0.05, 0) is 78.9 Å². The molecule has 4 nitrogen and oxygen atoms in total. The number of hydrogen-bond acceptors (Lipinski definition) is 3. The zero-order chi connectivity index (χ0) is 21.1. The zero-order valence-electron chi connectivity index (χ0n) is 16.6. The second-order valence-electron chi connectivity index (χ2n) is 7.44. The Bertz CT molecular complexity index is 1080. The molecule has 1 amide bonds. The van der Waals surface area contributed by atoms with Crippen LogP contribution in [0.4, 0.5) is 16.2 Å². The van der Waals surface area contributed by atoms with Crippen LogP contribution in [0.1, 0.15) is 23.1 Å². The van der Waals surface area contributed by atoms with Crippen molar-refractivity contribution in [3.63, 3.8) is 0 Å². The maximum Gasteiger partial charge on any atom is 0.417 e. The molecule has 0 unspecified atom stereocenters. The summed E-state index contributed by atoms with van der Waals surface area (Å²) in [4.78, 5) is 14.6. The second kappa shape index (κ2) is 8.99. The Labute approximate surface area is 186 Å². The lowest BCUT2D eigenvalue weighted by Crippen LogP contribution is -2.29. The lowest BCUT2D eigenvalue weighted by Gasteiger charge is -2.32. The summed E-state index contributed by atoms with van der Waals surface area (Å²) >= 11 is 12.4. The Morgan fingerprint density at radius 3 is 2.77 bits per heavy atom. The lowest BCUT2D eigenvalue weighted by molar-refractivity contribution is 0.215. The maximum atomic E-state index is 12.3. The monoisotopic (exact) mass is 440 g/mol. The van der Waals surface area contributed by atoms with Gasteiger partial charge in [0.25, 0.3) is 0 Å². The molecule has 4 rings (SSSR count). The van der Waals surface area contributed by atoms with E-state index in [2.05, 4.69) is 10.2 Å². The molecular weight excluding hydrogens is 419 g/mol. The number of benzene rings is 3. The van der Waals surface area contributed by atoms with Gasteiger partial charge in [0.1, 0.15) is 5.75 Å². The van der Waals surface area contributed by atoms with Crippen LogP contribution in [0.2, 0.25) is 10.0 Å². The van der Waals surface area contributed by atoms with Crippen molar-refractivity contribution < 1.29 is 9.53 Å². The van der Waals surface area contributed by atoms with Crippen LogP contribution in [0.15, 0.2) is 60.7 Å². The summed E-state index contributed by atoms with van der Waals surface area (Å²) in [5, 5.41) is 4.07. The van der Waals surface area contributed by atoms with E-state index in [-0.39, 0.29) is 0 Å². The quantitative estimate of drug-likeness (QED) is 0.481. The Kier molecular flexibility index (Phi) is 6.16. The van der Waals surface area contributed by atoms with Gasteiger partial charge in [0, 0.05) is 34.5 Å². The van der Waals surface area contributed by atoms with Crippen LogP contribution in [-0.4, -0.2) is 12.6 Å². The highest BCUT2D eigenvalue weighted by molar-refractivity contribution is 6.35. The van der Waals surface area contributed by atoms with E-state index in [0.29, 0.717) is 28.0 Å². The molecule has 1 aliphatic rings. The standard InChI is InChI=1S/C24H22Cl2N2O2/c1-16-4-2-6-20(12-16)27-24(29)30-21-9-10-23-17(13-21)5-3-11-28(23)15-18-7-8-19(25)14-22(18)26/h2,4,6-10,12-14H,3,5,11,15H2,1H3,(H,27,29). The van der Waals surface area contributed by atoms with Crippen LogP contribution in [0.3, 0.4) is 0 Å². The number of nitrogens with zero attached hydrogens (tertiary/aromatic N) is 1. The van der Waals surface area contributed by atoms with Crippen LogP contribution >= 0.6 is 23.2 Å². The SMILES string of the molecule is Cc1cccc(NC(=O)Oc2ccc3c(c2)CCCN3Cc2ccc(Cl)cc2Cl)c1. The fraction of sp³-hybridized carbons (Fsp3) is 0.208. The third-order valence-electron chi connectivity index (χ3n) is 5.12. The summed E-state index contributed by atoms with van der Waals surface area (Å²) in [6, 6.07) is 19.0. The highest BCUT2D eigenvalue weighted by Crippen LogP contribution is 2.33. The van der Waals surface area contributed by atoms with Crippen LogP contribution in [0.25, 0.3) is 0 Å². The van der Waals surface area contributed by atoms with Crippen LogP contribution in [0, 0.1) is 6.92 Å². The van der Waals surface area contributed by atoms with Gasteiger partial charge >= 0.3 is 6.09 Å². The van der Waals surface area contributed by atoms with Crippen molar-refractivity contribution in [2.75, 3.05) is 16.8 Å². The van der Waals surface area contributed by atoms with Gasteiger partial charge in [0.15, 0.2) is 0 Å². The molecule has 154 valence electrons. The number of halogens is 2. The number of hydrogen-bond donors (Lipinski definition) is 1. The summed E-state index contributed by atoms with van der Waals surface area (Å²) in [6.45, 7) is 3.63. The fourth-order valence-corrected chi connectivity index (χ4v) is 4.18. The number of fused-ring (bicyclic) bond motifs is 1. The Hall–Kier alpha value is -2.69. The number of carbonyl (C=O) groups is 1. The van der Waals surface area contributed by atoms with Gasteiger partial charge < -0.3 is 9.64 Å². The van der Waals surface area contributed by atoms with E-state index in [4.69, 9.17) is 27.9 Å². The van der Waals surface area contributed by atoms with Crippen molar-refractivity contribution >= 4 is 40.7 Å². The van der Waals surface area contributed by atoms with Crippen molar-refractivity contribution in [3.05, 3.63) is 87.4 Å². The van der Waals surface area contributed by atoms with Crippen LogP contribution in [0.5, 0.6) is 5.75 Å². The molecule has 0 aromatic heterocycles. The van der Waals surface area contributed by atoms with E-state index in [9.17, 15) is 4.79 Å². The molecular formula is C24H22Cl2N2O2. The fourth-order valence-electron chi connectivity index (χ4n) is 3.71. The number of anilines is 2. The molecule has 0 atom stereocenters. The molecule has 6 heteroatoms. The van der Waals surface area contributed by atoms with E-state index in [0.717, 1.165) is 41.8 Å².